The molecule has 2 unspecified atom stereocenters. The summed E-state index contributed by atoms with van der Waals surface area (Å²) in [7, 11) is 4.19. The summed E-state index contributed by atoms with van der Waals surface area (Å²) in [6.45, 7) is 2.93. The lowest BCUT2D eigenvalue weighted by molar-refractivity contribution is 0.0673. The predicted octanol–water partition coefficient (Wildman–Crippen LogP) is 1.90. The van der Waals surface area contributed by atoms with Gasteiger partial charge in [0.25, 0.3) is 5.91 Å². The highest BCUT2D eigenvalue weighted by Crippen LogP contribution is 2.35. The molecule has 2 atom stereocenters. The maximum Gasteiger partial charge on any atom is 0.272 e. The third-order valence-corrected chi connectivity index (χ3v) is 4.65. The monoisotopic (exact) mass is 290 g/mol. The van der Waals surface area contributed by atoms with Crippen LogP contribution in [0, 0.1) is 5.92 Å². The number of carbonyl (C=O) groups is 1. The van der Waals surface area contributed by atoms with Gasteiger partial charge in [-0.25, -0.2) is 4.98 Å². The number of aromatic nitrogens is 1. The summed E-state index contributed by atoms with van der Waals surface area (Å²) < 4.78 is 0. The fourth-order valence-electron chi connectivity index (χ4n) is 3.29. The Morgan fingerprint density at radius 2 is 2.33 bits per heavy atom. The van der Waals surface area contributed by atoms with Gasteiger partial charge in [-0.2, -0.15) is 0 Å². The van der Waals surface area contributed by atoms with Gasteiger partial charge in [0.15, 0.2) is 5.69 Å². The number of nitrogens with zero attached hydrogens (tertiary/aromatic N) is 2. The van der Waals surface area contributed by atoms with Gasteiger partial charge in [0.2, 0.25) is 0 Å². The molecule has 0 aliphatic heterocycles. The van der Waals surface area contributed by atoms with Crippen molar-refractivity contribution >= 4 is 11.6 Å². The van der Waals surface area contributed by atoms with E-state index in [2.05, 4.69) is 36.2 Å². The van der Waals surface area contributed by atoms with Crippen molar-refractivity contribution in [2.24, 2.45) is 5.92 Å². The van der Waals surface area contributed by atoms with Crippen LogP contribution in [0.5, 0.6) is 0 Å². The second-order valence-electron chi connectivity index (χ2n) is 6.44. The van der Waals surface area contributed by atoms with Gasteiger partial charge >= 0.3 is 0 Å². The van der Waals surface area contributed by atoms with E-state index < -0.39 is 0 Å². The average Bonchev–Trinajstić information content (AvgIpc) is 2.45. The summed E-state index contributed by atoms with van der Waals surface area (Å²) in [4.78, 5) is 18.6. The quantitative estimate of drug-likeness (QED) is 0.888. The number of hydrogen-bond donors (Lipinski definition) is 2. The first-order valence-corrected chi connectivity index (χ1v) is 7.61. The number of carbonyl (C=O) groups excluding carboxylic acids is 1. The van der Waals surface area contributed by atoms with Crippen LogP contribution in [0.15, 0.2) is 18.3 Å². The molecule has 21 heavy (non-hydrogen) atoms. The summed E-state index contributed by atoms with van der Waals surface area (Å²) >= 11 is 0. The summed E-state index contributed by atoms with van der Waals surface area (Å²) in [5.74, 6) is 0.505. The van der Waals surface area contributed by atoms with Crippen molar-refractivity contribution < 1.29 is 4.79 Å². The molecule has 1 aromatic heterocycles. The van der Waals surface area contributed by atoms with Gasteiger partial charge in [0.05, 0.1) is 5.69 Å². The molecule has 1 amide bonds. The second kappa shape index (κ2) is 6.43. The fourth-order valence-corrected chi connectivity index (χ4v) is 3.29. The number of amides is 1. The standard InChI is InChI=1S/C16H26N4O/c1-12-6-4-8-16(10-12,20(2)3)11-19-15(21)14-13(17)7-5-9-18-14/h5,7,9,12H,4,6,8,10-11,17H2,1-3H3,(H,19,21). The molecule has 3 N–H and O–H groups in total. The number of hydrogen-bond acceptors (Lipinski definition) is 4. The van der Waals surface area contributed by atoms with Gasteiger partial charge in [0, 0.05) is 18.3 Å². The van der Waals surface area contributed by atoms with Crippen molar-refractivity contribution in [3.8, 4) is 0 Å². The molecule has 1 aromatic rings. The SMILES string of the molecule is CC1CCCC(CNC(=O)c2ncccc2N)(N(C)C)C1. The lowest BCUT2D eigenvalue weighted by Crippen LogP contribution is -2.55. The molecular formula is C16H26N4O. The van der Waals surface area contributed by atoms with Crippen molar-refractivity contribution in [3.63, 3.8) is 0 Å². The summed E-state index contributed by atoms with van der Waals surface area (Å²) in [6, 6.07) is 3.43. The normalized spacial score (nSPS) is 25.8. The third-order valence-electron chi connectivity index (χ3n) is 4.65. The number of anilines is 1. The highest BCUT2D eigenvalue weighted by molar-refractivity contribution is 5.97. The molecule has 0 bridgehead atoms. The lowest BCUT2D eigenvalue weighted by atomic mass is 9.75. The van der Waals surface area contributed by atoms with E-state index in [0.717, 1.165) is 12.8 Å². The molecule has 0 spiro atoms. The van der Waals surface area contributed by atoms with Crippen molar-refractivity contribution in [3.05, 3.63) is 24.0 Å². The average molecular weight is 290 g/mol. The van der Waals surface area contributed by atoms with Crippen LogP contribution in [0.3, 0.4) is 0 Å². The first-order chi connectivity index (χ1) is 9.94. The van der Waals surface area contributed by atoms with Gasteiger partial charge in [0.1, 0.15) is 0 Å². The molecule has 5 heteroatoms. The van der Waals surface area contributed by atoms with Crippen molar-refractivity contribution in [2.75, 3.05) is 26.4 Å². The molecule has 1 aliphatic rings. The minimum Gasteiger partial charge on any atom is -0.397 e. The Hall–Kier alpha value is -1.62. The van der Waals surface area contributed by atoms with Crippen LogP contribution in [-0.2, 0) is 0 Å². The van der Waals surface area contributed by atoms with E-state index in [4.69, 9.17) is 5.73 Å². The van der Waals surface area contributed by atoms with Crippen molar-refractivity contribution in [1.82, 2.24) is 15.2 Å². The molecule has 1 fully saturated rings. The maximum absolute atomic E-state index is 12.3. The number of nitrogens with one attached hydrogen (secondary N) is 1. The zero-order chi connectivity index (χ0) is 15.5. The zero-order valence-corrected chi connectivity index (χ0v) is 13.2. The zero-order valence-electron chi connectivity index (χ0n) is 13.2. The Morgan fingerprint density at radius 1 is 1.57 bits per heavy atom. The first-order valence-electron chi connectivity index (χ1n) is 7.61. The van der Waals surface area contributed by atoms with E-state index in [9.17, 15) is 4.79 Å². The molecule has 0 saturated heterocycles. The number of rotatable bonds is 4. The molecule has 116 valence electrons. The summed E-state index contributed by atoms with van der Waals surface area (Å²) in [5, 5.41) is 3.03. The van der Waals surface area contributed by atoms with Crippen LogP contribution < -0.4 is 11.1 Å². The smallest absolute Gasteiger partial charge is 0.272 e. The van der Waals surface area contributed by atoms with E-state index >= 15 is 0 Å². The molecular weight excluding hydrogens is 264 g/mol. The van der Waals surface area contributed by atoms with Crippen LogP contribution in [0.25, 0.3) is 0 Å². The molecule has 5 nitrogen and oxygen atoms in total. The number of nitrogens with two attached hydrogens (primary N) is 1. The minimum atomic E-state index is -0.187. The number of nitrogen functional groups attached to an aromatic ring is 1. The second-order valence-corrected chi connectivity index (χ2v) is 6.44. The van der Waals surface area contributed by atoms with Gasteiger partial charge < -0.3 is 16.0 Å². The lowest BCUT2D eigenvalue weighted by Gasteiger charge is -2.45. The van der Waals surface area contributed by atoms with Crippen LogP contribution in [0.2, 0.25) is 0 Å². The van der Waals surface area contributed by atoms with Crippen LogP contribution in [-0.4, -0.2) is 42.0 Å². The van der Waals surface area contributed by atoms with E-state index in [1.807, 2.05) is 0 Å². The Labute approximate surface area is 126 Å². The number of likely N-dealkylation sites (N-methyl/N-ethyl adjacent to an activating group) is 1. The molecule has 0 radical (unpaired) electrons. The summed E-state index contributed by atoms with van der Waals surface area (Å²) in [6.07, 6.45) is 6.30. The van der Waals surface area contributed by atoms with E-state index in [-0.39, 0.29) is 11.4 Å². The Bertz CT molecular complexity index is 503. The van der Waals surface area contributed by atoms with Crippen molar-refractivity contribution in [2.45, 2.75) is 38.1 Å². The first kappa shape index (κ1) is 15.8. The Balaban J connectivity index is 2.06. The third kappa shape index (κ3) is 3.53. The van der Waals surface area contributed by atoms with E-state index in [0.29, 0.717) is 23.8 Å². The van der Waals surface area contributed by atoms with E-state index in [1.165, 1.54) is 12.8 Å². The van der Waals surface area contributed by atoms with Crippen LogP contribution in [0.1, 0.15) is 43.1 Å². The van der Waals surface area contributed by atoms with Gasteiger partial charge in [-0.05, 0) is 45.0 Å². The summed E-state index contributed by atoms with van der Waals surface area (Å²) in [5.41, 5.74) is 6.59. The predicted molar refractivity (Wildman–Crippen MR) is 85.0 cm³/mol. The van der Waals surface area contributed by atoms with Crippen molar-refractivity contribution in [1.29, 1.82) is 0 Å². The highest BCUT2D eigenvalue weighted by atomic mass is 16.1. The van der Waals surface area contributed by atoms with Gasteiger partial charge in [-0.1, -0.05) is 19.8 Å². The Kier molecular flexibility index (Phi) is 4.83. The van der Waals surface area contributed by atoms with E-state index in [1.54, 1.807) is 18.3 Å². The molecule has 0 aromatic carbocycles. The van der Waals surface area contributed by atoms with Crippen LogP contribution in [0.4, 0.5) is 5.69 Å². The minimum absolute atomic E-state index is 0.0386. The van der Waals surface area contributed by atoms with Crippen LogP contribution >= 0.6 is 0 Å². The topological polar surface area (TPSA) is 71.2 Å². The molecule has 1 heterocycles. The maximum atomic E-state index is 12.3. The molecule has 1 aliphatic carbocycles. The fraction of sp³-hybridized carbons (Fsp3) is 0.625. The largest absolute Gasteiger partial charge is 0.397 e. The Morgan fingerprint density at radius 3 is 2.95 bits per heavy atom. The molecule has 1 saturated carbocycles. The highest BCUT2D eigenvalue weighted by Gasteiger charge is 2.37. The number of pyridine rings is 1. The molecule has 2 rings (SSSR count). The van der Waals surface area contributed by atoms with Gasteiger partial charge in [-0.3, -0.25) is 4.79 Å². The van der Waals surface area contributed by atoms with Gasteiger partial charge in [-0.15, -0.1) is 0 Å².